The Kier molecular flexibility index (Phi) is 7.18. The van der Waals surface area contributed by atoms with Gasteiger partial charge in [0.25, 0.3) is 0 Å². The van der Waals surface area contributed by atoms with Gasteiger partial charge < -0.3 is 9.47 Å². The first-order valence-corrected chi connectivity index (χ1v) is 11.7. The molecule has 2 amide bonds. The number of thioether (sulfide) groups is 1. The predicted molar refractivity (Wildman–Crippen MR) is 131 cm³/mol. The maximum absolute atomic E-state index is 13.7. The Labute approximate surface area is 201 Å². The van der Waals surface area contributed by atoms with Crippen molar-refractivity contribution in [2.45, 2.75) is 11.8 Å². The average molecular weight is 477 g/mol. The molecule has 1 aliphatic heterocycles. The topological polar surface area (TPSA) is 93.7 Å². The Morgan fingerprint density at radius 1 is 0.824 bits per heavy atom. The van der Waals surface area contributed by atoms with Crippen molar-refractivity contribution in [3.8, 4) is 0 Å². The van der Waals surface area contributed by atoms with E-state index in [0.29, 0.717) is 22.7 Å². The zero-order valence-corrected chi connectivity index (χ0v) is 19.4. The zero-order chi connectivity index (χ0) is 24.0. The van der Waals surface area contributed by atoms with Crippen molar-refractivity contribution in [3.05, 3.63) is 90.0 Å². The van der Waals surface area contributed by atoms with Crippen LogP contribution in [0.25, 0.3) is 0 Å². The van der Waals surface area contributed by atoms with Gasteiger partial charge in [0.1, 0.15) is 18.6 Å². The first-order chi connectivity index (χ1) is 16.5. The summed E-state index contributed by atoms with van der Waals surface area (Å²) in [5, 5.41) is 5.28. The van der Waals surface area contributed by atoms with Gasteiger partial charge in [-0.25, -0.2) is 9.59 Å². The summed E-state index contributed by atoms with van der Waals surface area (Å²) >= 11 is 1.48. The van der Waals surface area contributed by atoms with E-state index >= 15 is 0 Å². The number of carbonyl (C=O) groups is 3. The molecule has 0 saturated heterocycles. The molecule has 0 saturated carbocycles. The molecule has 0 aromatic heterocycles. The maximum Gasteiger partial charge on any atom is 0.411 e. The molecule has 0 atom stereocenters. The summed E-state index contributed by atoms with van der Waals surface area (Å²) < 4.78 is 10.9. The minimum absolute atomic E-state index is 0.209. The minimum atomic E-state index is -1.22. The van der Waals surface area contributed by atoms with Crippen molar-refractivity contribution in [1.82, 2.24) is 0 Å². The molecule has 0 spiro atoms. The van der Waals surface area contributed by atoms with E-state index in [2.05, 4.69) is 10.6 Å². The van der Waals surface area contributed by atoms with Crippen LogP contribution in [-0.2, 0) is 9.47 Å². The lowest BCUT2D eigenvalue weighted by Crippen LogP contribution is -2.46. The number of ether oxygens (including phenoxy) is 2. The highest BCUT2D eigenvalue weighted by molar-refractivity contribution is 7.99. The van der Waals surface area contributed by atoms with E-state index in [1.165, 1.54) is 11.8 Å². The molecule has 3 aromatic carbocycles. The number of ketones is 1. The molecular formula is C26H24N2O5S. The summed E-state index contributed by atoms with van der Waals surface area (Å²) in [5.74, 6) is 0.0962. The van der Waals surface area contributed by atoms with E-state index in [4.69, 9.17) is 9.47 Å². The fourth-order valence-corrected chi connectivity index (χ4v) is 4.92. The normalized spacial score (nSPS) is 14.0. The number of hydrogen-bond acceptors (Lipinski definition) is 6. The third-order valence-electron chi connectivity index (χ3n) is 5.45. The van der Waals surface area contributed by atoms with Gasteiger partial charge in [-0.05, 0) is 42.8 Å². The fourth-order valence-electron chi connectivity index (χ4n) is 3.61. The zero-order valence-electron chi connectivity index (χ0n) is 18.6. The largest absolute Gasteiger partial charge is 0.448 e. The highest BCUT2D eigenvalue weighted by Gasteiger charge is 2.46. The van der Waals surface area contributed by atoms with Crippen LogP contribution >= 0.6 is 11.8 Å². The summed E-state index contributed by atoms with van der Waals surface area (Å²) in [4.78, 5) is 39.4. The monoisotopic (exact) mass is 476 g/mol. The molecular weight excluding hydrogens is 452 g/mol. The van der Waals surface area contributed by atoms with Gasteiger partial charge in [0, 0.05) is 27.6 Å². The quantitative estimate of drug-likeness (QED) is 0.469. The summed E-state index contributed by atoms with van der Waals surface area (Å²) in [6.07, 6.45) is -1.37. The summed E-state index contributed by atoms with van der Waals surface area (Å²) in [7, 11) is 0. The van der Waals surface area contributed by atoms with E-state index in [-0.39, 0.29) is 19.0 Å². The number of amides is 2. The number of fused-ring (bicyclic) bond motifs is 1. The number of Topliss-reactive ketones (excluding diaryl/α,β-unsaturated/α-hetero) is 1. The Bertz CT molecular complexity index is 1130. The molecule has 3 aromatic rings. The van der Waals surface area contributed by atoms with Crippen LogP contribution in [0.4, 0.5) is 21.0 Å². The highest BCUT2D eigenvalue weighted by atomic mass is 32.2. The van der Waals surface area contributed by atoms with Crippen LogP contribution in [0.2, 0.25) is 0 Å². The summed E-state index contributed by atoms with van der Waals surface area (Å²) in [6, 6.07) is 23.4. The Balaban J connectivity index is 1.50. The van der Waals surface area contributed by atoms with Gasteiger partial charge in [0.05, 0.1) is 0 Å². The number of aryl methyl sites for hydroxylation is 1. The van der Waals surface area contributed by atoms with Crippen LogP contribution in [0.15, 0.2) is 83.8 Å². The van der Waals surface area contributed by atoms with Crippen molar-refractivity contribution in [2.24, 2.45) is 5.41 Å². The van der Waals surface area contributed by atoms with Gasteiger partial charge in [-0.3, -0.25) is 15.4 Å². The van der Waals surface area contributed by atoms with Crippen molar-refractivity contribution in [3.63, 3.8) is 0 Å². The van der Waals surface area contributed by atoms with Gasteiger partial charge >= 0.3 is 12.2 Å². The molecule has 34 heavy (non-hydrogen) atoms. The molecule has 0 unspecified atom stereocenters. The first-order valence-electron chi connectivity index (χ1n) is 10.7. The Hall–Kier alpha value is -3.78. The highest BCUT2D eigenvalue weighted by Crippen LogP contribution is 2.42. The number of anilines is 2. The molecule has 1 heterocycles. The number of nitrogens with one attached hydrogen (secondary N) is 2. The van der Waals surface area contributed by atoms with E-state index in [1.54, 1.807) is 48.5 Å². The van der Waals surface area contributed by atoms with Crippen LogP contribution in [0.5, 0.6) is 0 Å². The van der Waals surface area contributed by atoms with E-state index in [1.807, 2.05) is 37.3 Å². The van der Waals surface area contributed by atoms with E-state index in [0.717, 1.165) is 10.5 Å². The number of benzene rings is 3. The Morgan fingerprint density at radius 3 is 1.88 bits per heavy atom. The lowest BCUT2D eigenvalue weighted by atomic mass is 9.81. The Morgan fingerprint density at radius 2 is 1.35 bits per heavy atom. The second-order valence-electron chi connectivity index (χ2n) is 7.98. The van der Waals surface area contributed by atoms with Gasteiger partial charge in [0.2, 0.25) is 0 Å². The SMILES string of the molecule is Cc1cccc2c1C(=O)C(COC(=O)Nc1ccccc1)(COC(=O)Nc1ccccc1)CS2. The lowest BCUT2D eigenvalue weighted by molar-refractivity contribution is 0.0388. The molecule has 7 nitrogen and oxygen atoms in total. The molecule has 174 valence electrons. The molecule has 0 aliphatic carbocycles. The number of carbonyl (C=O) groups excluding carboxylic acids is 3. The summed E-state index contributed by atoms with van der Waals surface area (Å²) in [5.41, 5.74) is 1.32. The van der Waals surface area contributed by atoms with Gasteiger partial charge in [0.15, 0.2) is 5.78 Å². The van der Waals surface area contributed by atoms with Crippen molar-refractivity contribution < 1.29 is 23.9 Å². The van der Waals surface area contributed by atoms with Crippen molar-refractivity contribution in [2.75, 3.05) is 29.6 Å². The molecule has 4 rings (SSSR count). The maximum atomic E-state index is 13.7. The van der Waals surface area contributed by atoms with E-state index < -0.39 is 17.6 Å². The average Bonchev–Trinajstić information content (AvgIpc) is 2.84. The smallest absolute Gasteiger partial charge is 0.411 e. The van der Waals surface area contributed by atoms with Crippen LogP contribution < -0.4 is 10.6 Å². The van der Waals surface area contributed by atoms with Crippen LogP contribution in [0.1, 0.15) is 15.9 Å². The predicted octanol–water partition coefficient (Wildman–Crippen LogP) is 5.77. The molecule has 0 bridgehead atoms. The first kappa shape index (κ1) is 23.4. The fraction of sp³-hybridized carbons (Fsp3) is 0.192. The number of rotatable bonds is 6. The third-order valence-corrected chi connectivity index (χ3v) is 6.79. The van der Waals surface area contributed by atoms with Crippen LogP contribution in [-0.4, -0.2) is 36.9 Å². The van der Waals surface area contributed by atoms with Crippen molar-refractivity contribution >= 4 is 41.1 Å². The molecule has 0 radical (unpaired) electrons. The second-order valence-corrected chi connectivity index (χ2v) is 9.00. The van der Waals surface area contributed by atoms with Crippen LogP contribution in [0, 0.1) is 12.3 Å². The number of para-hydroxylation sites is 2. The lowest BCUT2D eigenvalue weighted by Gasteiger charge is -2.35. The van der Waals surface area contributed by atoms with Gasteiger partial charge in [-0.1, -0.05) is 48.5 Å². The molecule has 0 fully saturated rings. The van der Waals surface area contributed by atoms with Gasteiger partial charge in [-0.2, -0.15) is 0 Å². The standard InChI is InChI=1S/C26H24N2O5S/c1-18-9-8-14-21-22(18)23(29)26(17-34-21,15-32-24(30)27-19-10-4-2-5-11-19)16-33-25(31)28-20-12-6-3-7-13-20/h2-14H,15-17H2,1H3,(H,27,30)(H,28,31). The third kappa shape index (κ3) is 5.40. The molecule has 8 heteroatoms. The van der Waals surface area contributed by atoms with Crippen LogP contribution in [0.3, 0.4) is 0 Å². The van der Waals surface area contributed by atoms with Crippen molar-refractivity contribution in [1.29, 1.82) is 0 Å². The molecule has 1 aliphatic rings. The van der Waals surface area contributed by atoms with Gasteiger partial charge in [-0.15, -0.1) is 11.8 Å². The van der Waals surface area contributed by atoms with E-state index in [9.17, 15) is 14.4 Å². The molecule has 2 N–H and O–H groups in total. The number of hydrogen-bond donors (Lipinski definition) is 2. The second kappa shape index (κ2) is 10.4. The summed E-state index contributed by atoms with van der Waals surface area (Å²) in [6.45, 7) is 1.40. The minimum Gasteiger partial charge on any atom is -0.448 e.